The molecule has 6 heteroatoms. The van der Waals surface area contributed by atoms with E-state index in [9.17, 15) is 4.79 Å². The minimum atomic E-state index is -0.540. The number of anilines is 1. The van der Waals surface area contributed by atoms with Crippen molar-refractivity contribution in [2.75, 3.05) is 5.32 Å². The van der Waals surface area contributed by atoms with E-state index in [1.54, 1.807) is 31.2 Å². The summed E-state index contributed by atoms with van der Waals surface area (Å²) in [5.74, 6) is -0.386. The van der Waals surface area contributed by atoms with Crippen molar-refractivity contribution in [1.29, 1.82) is 0 Å². The number of carbonyl (C=O) groups excluding carboxylic acids is 1. The molecule has 1 atom stereocenters. The number of hydrogen-bond donors (Lipinski definition) is 1. The Morgan fingerprint density at radius 1 is 1.12 bits per heavy atom. The van der Waals surface area contributed by atoms with Gasteiger partial charge in [0.15, 0.2) is 0 Å². The third kappa shape index (κ3) is 4.79. The van der Waals surface area contributed by atoms with Crippen LogP contribution in [0, 0.1) is 0 Å². The van der Waals surface area contributed by atoms with E-state index in [-0.39, 0.29) is 12.6 Å². The van der Waals surface area contributed by atoms with E-state index in [0.717, 1.165) is 17.7 Å². The van der Waals surface area contributed by atoms with Gasteiger partial charge in [-0.3, -0.25) is 0 Å². The molecule has 0 spiro atoms. The molecule has 0 aliphatic rings. The Hall–Kier alpha value is -1.42. The molecule has 2 aromatic carbocycles. The summed E-state index contributed by atoms with van der Waals surface area (Å²) in [6.45, 7) is 3.85. The van der Waals surface area contributed by atoms with E-state index < -0.39 is 6.04 Å². The van der Waals surface area contributed by atoms with Gasteiger partial charge in [0.25, 0.3) is 0 Å². The Morgan fingerprint density at radius 3 is 2.54 bits per heavy atom. The van der Waals surface area contributed by atoms with Crippen molar-refractivity contribution in [3.05, 3.63) is 62.6 Å². The van der Waals surface area contributed by atoms with Gasteiger partial charge >= 0.3 is 5.97 Å². The zero-order chi connectivity index (χ0) is 17.7. The van der Waals surface area contributed by atoms with E-state index in [1.165, 1.54) is 0 Å². The zero-order valence-electron chi connectivity index (χ0n) is 13.4. The average molecular weight is 387 g/mol. The number of ether oxygens (including phenoxy) is 1. The summed E-state index contributed by atoms with van der Waals surface area (Å²) in [4.78, 5) is 12.2. The van der Waals surface area contributed by atoms with Gasteiger partial charge in [-0.15, -0.1) is 0 Å². The predicted molar refractivity (Wildman–Crippen MR) is 100 cm³/mol. The minimum absolute atomic E-state index is 0.0873. The number of hydrogen-bond acceptors (Lipinski definition) is 3. The number of benzene rings is 2. The minimum Gasteiger partial charge on any atom is -0.459 e. The number of halogens is 3. The summed E-state index contributed by atoms with van der Waals surface area (Å²) in [5.41, 5.74) is 2.51. The molecule has 0 fully saturated rings. The van der Waals surface area contributed by atoms with Gasteiger partial charge in [-0.25, -0.2) is 4.79 Å². The van der Waals surface area contributed by atoms with Crippen molar-refractivity contribution in [2.24, 2.45) is 0 Å². The van der Waals surface area contributed by atoms with Gasteiger partial charge in [0.2, 0.25) is 0 Å². The monoisotopic (exact) mass is 385 g/mol. The Labute approximate surface area is 156 Å². The number of para-hydroxylation sites is 1. The Morgan fingerprint density at radius 2 is 1.88 bits per heavy atom. The molecule has 2 rings (SSSR count). The molecule has 0 amide bonds. The number of aryl methyl sites for hydroxylation is 1. The van der Waals surface area contributed by atoms with Gasteiger partial charge in [-0.2, -0.15) is 0 Å². The van der Waals surface area contributed by atoms with Crippen LogP contribution in [-0.4, -0.2) is 12.0 Å². The third-order valence-corrected chi connectivity index (χ3v) is 4.48. The first-order valence-electron chi connectivity index (χ1n) is 7.56. The lowest BCUT2D eigenvalue weighted by molar-refractivity contribution is -0.145. The van der Waals surface area contributed by atoms with Crippen LogP contribution in [0.5, 0.6) is 0 Å². The summed E-state index contributed by atoms with van der Waals surface area (Å²) >= 11 is 18.1. The fourth-order valence-corrected chi connectivity index (χ4v) is 2.92. The topological polar surface area (TPSA) is 38.3 Å². The third-order valence-electron chi connectivity index (χ3n) is 3.58. The second-order valence-corrected chi connectivity index (χ2v) is 6.59. The fraction of sp³-hybridized carbons (Fsp3) is 0.278. The molecule has 3 nitrogen and oxygen atoms in total. The quantitative estimate of drug-likeness (QED) is 0.642. The van der Waals surface area contributed by atoms with Crippen molar-refractivity contribution in [1.82, 2.24) is 0 Å². The Kier molecular flexibility index (Phi) is 6.79. The van der Waals surface area contributed by atoms with Gasteiger partial charge in [0, 0.05) is 15.6 Å². The lowest BCUT2D eigenvalue weighted by atomic mass is 10.1. The molecular formula is C18H18Cl3NO2. The number of nitrogens with one attached hydrogen (secondary N) is 1. The van der Waals surface area contributed by atoms with Crippen LogP contribution in [0.1, 0.15) is 25.0 Å². The molecule has 1 N–H and O–H groups in total. The summed E-state index contributed by atoms with van der Waals surface area (Å²) in [6.07, 6.45) is 0.811. The molecule has 0 aliphatic carbocycles. The van der Waals surface area contributed by atoms with Crippen molar-refractivity contribution < 1.29 is 9.53 Å². The highest BCUT2D eigenvalue weighted by molar-refractivity contribution is 6.35. The molecular weight excluding hydrogens is 369 g/mol. The maximum absolute atomic E-state index is 12.2. The second kappa shape index (κ2) is 8.61. The number of carbonyl (C=O) groups is 1. The summed E-state index contributed by atoms with van der Waals surface area (Å²) < 4.78 is 5.32. The molecule has 0 bridgehead atoms. The smallest absolute Gasteiger partial charge is 0.328 e. The van der Waals surface area contributed by atoms with Crippen molar-refractivity contribution in [3.8, 4) is 0 Å². The van der Waals surface area contributed by atoms with Gasteiger partial charge < -0.3 is 10.1 Å². The van der Waals surface area contributed by atoms with E-state index in [1.807, 2.05) is 19.1 Å². The molecule has 24 heavy (non-hydrogen) atoms. The van der Waals surface area contributed by atoms with E-state index in [2.05, 4.69) is 5.32 Å². The second-order valence-electron chi connectivity index (χ2n) is 5.34. The van der Waals surface area contributed by atoms with Crippen LogP contribution in [0.3, 0.4) is 0 Å². The van der Waals surface area contributed by atoms with Gasteiger partial charge in [0.05, 0.1) is 10.7 Å². The molecule has 2 aromatic rings. The van der Waals surface area contributed by atoms with E-state index in [0.29, 0.717) is 20.6 Å². The lowest BCUT2D eigenvalue weighted by Gasteiger charge is -2.18. The van der Waals surface area contributed by atoms with Crippen LogP contribution in [-0.2, 0) is 22.6 Å². The van der Waals surface area contributed by atoms with Crippen LogP contribution in [0.25, 0.3) is 0 Å². The maximum Gasteiger partial charge on any atom is 0.328 e. The lowest BCUT2D eigenvalue weighted by Crippen LogP contribution is -2.28. The maximum atomic E-state index is 12.2. The molecule has 0 aliphatic heterocycles. The summed E-state index contributed by atoms with van der Waals surface area (Å²) in [6, 6.07) is 10.2. The van der Waals surface area contributed by atoms with Gasteiger partial charge in [-0.1, -0.05) is 59.9 Å². The summed E-state index contributed by atoms with van der Waals surface area (Å²) in [5, 5.41) is 4.71. The molecule has 0 heterocycles. The van der Waals surface area contributed by atoms with Crippen molar-refractivity contribution in [3.63, 3.8) is 0 Å². The van der Waals surface area contributed by atoms with E-state index in [4.69, 9.17) is 39.5 Å². The predicted octanol–water partition coefficient (Wildman–Crippen LogP) is 5.75. The first-order valence-corrected chi connectivity index (χ1v) is 8.70. The van der Waals surface area contributed by atoms with E-state index >= 15 is 0 Å². The first-order chi connectivity index (χ1) is 11.4. The van der Waals surface area contributed by atoms with Gasteiger partial charge in [-0.05, 0) is 37.1 Å². The van der Waals surface area contributed by atoms with Crippen LogP contribution in [0.4, 0.5) is 5.69 Å². The van der Waals surface area contributed by atoms with Crippen LogP contribution < -0.4 is 5.32 Å². The number of esters is 1. The summed E-state index contributed by atoms with van der Waals surface area (Å²) in [7, 11) is 0. The number of rotatable bonds is 6. The fourth-order valence-electron chi connectivity index (χ4n) is 2.21. The molecule has 0 aromatic heterocycles. The standard InChI is InChI=1S/C18H18Cl3NO2/c1-3-12-5-4-6-15(20)17(12)22-11(2)18(23)24-10-13-7-8-14(19)9-16(13)21/h4-9,11,22H,3,10H2,1-2H3/t11-/m0/s1. The van der Waals surface area contributed by atoms with Crippen molar-refractivity contribution in [2.45, 2.75) is 32.9 Å². The molecule has 0 saturated heterocycles. The highest BCUT2D eigenvalue weighted by atomic mass is 35.5. The molecule has 0 radical (unpaired) electrons. The molecule has 0 unspecified atom stereocenters. The molecule has 128 valence electrons. The molecule has 0 saturated carbocycles. The Balaban J connectivity index is 2.00. The SMILES string of the molecule is CCc1cccc(Cl)c1N[C@@H](C)C(=O)OCc1ccc(Cl)cc1Cl. The highest BCUT2D eigenvalue weighted by Crippen LogP contribution is 2.27. The average Bonchev–Trinajstić information content (AvgIpc) is 2.55. The van der Waals surface area contributed by atoms with Gasteiger partial charge in [0.1, 0.15) is 12.6 Å². The highest BCUT2D eigenvalue weighted by Gasteiger charge is 2.17. The van der Waals surface area contributed by atoms with Crippen LogP contribution >= 0.6 is 34.8 Å². The van der Waals surface area contributed by atoms with Crippen molar-refractivity contribution >= 4 is 46.5 Å². The largest absolute Gasteiger partial charge is 0.459 e. The van der Waals surface area contributed by atoms with Crippen LogP contribution in [0.15, 0.2) is 36.4 Å². The normalized spacial score (nSPS) is 11.9. The zero-order valence-corrected chi connectivity index (χ0v) is 15.7. The van der Waals surface area contributed by atoms with Crippen LogP contribution in [0.2, 0.25) is 15.1 Å². The Bertz CT molecular complexity index is 734. The first kappa shape index (κ1) is 18.9.